The number of ether oxygens (including phenoxy) is 1. The summed E-state index contributed by atoms with van der Waals surface area (Å²) in [6.45, 7) is 1.32. The number of hydrogen-bond acceptors (Lipinski definition) is 7. The number of sulfonamides is 1. The van der Waals surface area contributed by atoms with Crippen LogP contribution in [0.3, 0.4) is 0 Å². The summed E-state index contributed by atoms with van der Waals surface area (Å²) in [6.07, 6.45) is 1.19. The molecule has 3 rings (SSSR count). The van der Waals surface area contributed by atoms with Gasteiger partial charge >= 0.3 is 5.69 Å². The van der Waals surface area contributed by atoms with Gasteiger partial charge in [-0.3, -0.25) is 14.9 Å². The van der Waals surface area contributed by atoms with Crippen molar-refractivity contribution in [2.24, 2.45) is 0 Å². The number of nitrogens with zero attached hydrogens (tertiary/aromatic N) is 3. The van der Waals surface area contributed by atoms with Crippen LogP contribution in [0, 0.1) is 10.1 Å². The number of anilines is 2. The summed E-state index contributed by atoms with van der Waals surface area (Å²) in [6, 6.07) is 13.0. The first-order valence-corrected chi connectivity index (χ1v) is 11.1. The number of nitrogens with one attached hydrogen (secondary N) is 1. The second-order valence-corrected chi connectivity index (χ2v) is 8.71. The third-order valence-electron chi connectivity index (χ3n) is 4.65. The van der Waals surface area contributed by atoms with Gasteiger partial charge in [-0.2, -0.15) is 4.31 Å². The normalized spacial score (nSPS) is 14.9. The highest BCUT2D eigenvalue weighted by atomic mass is 32.2. The summed E-state index contributed by atoms with van der Waals surface area (Å²) in [5, 5.41) is 13.8. The van der Waals surface area contributed by atoms with Crippen LogP contribution in [-0.2, 0) is 14.8 Å². The van der Waals surface area contributed by atoms with Gasteiger partial charge in [0, 0.05) is 32.2 Å². The molecule has 0 radical (unpaired) electrons. The molecule has 0 aliphatic carbocycles. The fraction of sp³-hybridized carbons (Fsp3) is 0.316. The number of para-hydroxylation sites is 4. The molecule has 2 aromatic rings. The number of nitro benzene ring substituents is 1. The molecule has 1 fully saturated rings. The second-order valence-electron chi connectivity index (χ2n) is 6.73. The molecule has 1 aliphatic rings. The van der Waals surface area contributed by atoms with E-state index in [4.69, 9.17) is 4.74 Å². The molecule has 11 heteroatoms. The second kappa shape index (κ2) is 9.09. The monoisotopic (exact) mass is 434 g/mol. The Morgan fingerprint density at radius 2 is 1.73 bits per heavy atom. The molecule has 1 aliphatic heterocycles. The van der Waals surface area contributed by atoms with Gasteiger partial charge in [0.05, 0.1) is 22.6 Å². The van der Waals surface area contributed by atoms with Crippen LogP contribution < -0.4 is 15.0 Å². The zero-order valence-electron chi connectivity index (χ0n) is 16.4. The lowest BCUT2D eigenvalue weighted by molar-refractivity contribution is -0.385. The number of carbonyl (C=O) groups is 1. The van der Waals surface area contributed by atoms with E-state index in [1.807, 2.05) is 17.0 Å². The fourth-order valence-corrected chi connectivity index (χ4v) is 4.00. The van der Waals surface area contributed by atoms with Crippen LogP contribution in [0.2, 0.25) is 0 Å². The van der Waals surface area contributed by atoms with Crippen molar-refractivity contribution in [1.82, 2.24) is 4.31 Å². The van der Waals surface area contributed by atoms with Crippen LogP contribution in [0.4, 0.5) is 17.1 Å². The van der Waals surface area contributed by atoms with E-state index in [-0.39, 0.29) is 18.0 Å². The summed E-state index contributed by atoms with van der Waals surface area (Å²) >= 11 is 0. The molecule has 0 bridgehead atoms. The lowest BCUT2D eigenvalue weighted by Crippen LogP contribution is -2.48. The van der Waals surface area contributed by atoms with E-state index in [2.05, 4.69) is 5.32 Å². The topological polar surface area (TPSA) is 122 Å². The van der Waals surface area contributed by atoms with Gasteiger partial charge in [0.2, 0.25) is 10.0 Å². The maximum atomic E-state index is 12.4. The number of benzene rings is 2. The minimum absolute atomic E-state index is 0.0165. The van der Waals surface area contributed by atoms with Crippen LogP contribution in [0.15, 0.2) is 48.5 Å². The van der Waals surface area contributed by atoms with E-state index in [0.717, 1.165) is 5.69 Å². The minimum Gasteiger partial charge on any atom is -0.477 e. The SMILES string of the molecule is CS(=O)(=O)N1CCN(c2ccccc2NC(=O)COc2ccccc2[N+](=O)[O-])CC1. The molecule has 1 heterocycles. The quantitative estimate of drug-likeness (QED) is 0.520. The van der Waals surface area contributed by atoms with Crippen molar-refractivity contribution in [3.63, 3.8) is 0 Å². The van der Waals surface area contributed by atoms with Crippen LogP contribution in [0.25, 0.3) is 0 Å². The molecule has 10 nitrogen and oxygen atoms in total. The van der Waals surface area contributed by atoms with Crippen molar-refractivity contribution < 1.29 is 22.9 Å². The maximum absolute atomic E-state index is 12.4. The molecule has 0 spiro atoms. The number of piperazine rings is 1. The van der Waals surface area contributed by atoms with Gasteiger partial charge in [-0.15, -0.1) is 0 Å². The maximum Gasteiger partial charge on any atom is 0.310 e. The van der Waals surface area contributed by atoms with Crippen molar-refractivity contribution in [3.05, 3.63) is 58.6 Å². The largest absolute Gasteiger partial charge is 0.477 e. The predicted molar refractivity (Wildman–Crippen MR) is 112 cm³/mol. The Balaban J connectivity index is 1.64. The molecule has 1 saturated heterocycles. The Morgan fingerprint density at radius 3 is 2.40 bits per heavy atom. The van der Waals surface area contributed by atoms with Gasteiger partial charge in [0.25, 0.3) is 5.91 Å². The highest BCUT2D eigenvalue weighted by Gasteiger charge is 2.25. The lowest BCUT2D eigenvalue weighted by atomic mass is 10.2. The molecule has 0 saturated carbocycles. The Labute approximate surface area is 174 Å². The Morgan fingerprint density at radius 1 is 1.10 bits per heavy atom. The Kier molecular flexibility index (Phi) is 6.53. The third-order valence-corrected chi connectivity index (χ3v) is 5.95. The van der Waals surface area contributed by atoms with E-state index in [0.29, 0.717) is 31.9 Å². The van der Waals surface area contributed by atoms with Crippen molar-refractivity contribution in [3.8, 4) is 5.75 Å². The average molecular weight is 434 g/mol. The summed E-state index contributed by atoms with van der Waals surface area (Å²) in [4.78, 5) is 24.8. The number of nitro groups is 1. The molecule has 30 heavy (non-hydrogen) atoms. The van der Waals surface area contributed by atoms with Crippen LogP contribution >= 0.6 is 0 Å². The lowest BCUT2D eigenvalue weighted by Gasteiger charge is -2.35. The molecule has 0 aromatic heterocycles. The Hall–Kier alpha value is -3.18. The summed E-state index contributed by atoms with van der Waals surface area (Å²) in [5.41, 5.74) is 1.11. The van der Waals surface area contributed by atoms with Gasteiger partial charge in [-0.05, 0) is 18.2 Å². The first-order valence-electron chi connectivity index (χ1n) is 9.21. The van der Waals surface area contributed by atoms with E-state index >= 15 is 0 Å². The first-order chi connectivity index (χ1) is 14.3. The molecule has 1 amide bonds. The number of carbonyl (C=O) groups excluding carboxylic acids is 1. The predicted octanol–water partition coefficient (Wildman–Crippen LogP) is 1.69. The third kappa shape index (κ3) is 5.24. The summed E-state index contributed by atoms with van der Waals surface area (Å²) in [5.74, 6) is -0.446. The fourth-order valence-electron chi connectivity index (χ4n) is 3.18. The summed E-state index contributed by atoms with van der Waals surface area (Å²) < 4.78 is 30.1. The standard InChI is InChI=1S/C19H22N4O6S/c1-30(27,28)22-12-10-21(11-13-22)16-7-3-2-6-15(16)20-19(24)14-29-18-9-5-4-8-17(18)23(25)26/h2-9H,10-14H2,1H3,(H,20,24). The van der Waals surface area contributed by atoms with Crippen molar-refractivity contribution in [2.75, 3.05) is 49.3 Å². The first kappa shape index (κ1) is 21.5. The van der Waals surface area contributed by atoms with Crippen LogP contribution in [0.5, 0.6) is 5.75 Å². The van der Waals surface area contributed by atoms with Crippen molar-refractivity contribution in [1.29, 1.82) is 0 Å². The highest BCUT2D eigenvalue weighted by molar-refractivity contribution is 7.88. The van der Waals surface area contributed by atoms with E-state index < -0.39 is 20.9 Å². The van der Waals surface area contributed by atoms with Gasteiger partial charge in [0.15, 0.2) is 12.4 Å². The van der Waals surface area contributed by atoms with E-state index in [1.54, 1.807) is 18.2 Å². The molecule has 0 unspecified atom stereocenters. The molecule has 2 aromatic carbocycles. The summed E-state index contributed by atoms with van der Waals surface area (Å²) in [7, 11) is -3.23. The van der Waals surface area contributed by atoms with Gasteiger partial charge in [-0.25, -0.2) is 8.42 Å². The van der Waals surface area contributed by atoms with Gasteiger partial charge < -0.3 is 15.0 Å². The number of rotatable bonds is 7. The zero-order chi connectivity index (χ0) is 21.7. The van der Waals surface area contributed by atoms with E-state index in [1.165, 1.54) is 28.8 Å². The van der Waals surface area contributed by atoms with Gasteiger partial charge in [0.1, 0.15) is 0 Å². The van der Waals surface area contributed by atoms with Crippen molar-refractivity contribution >= 4 is 33.0 Å². The highest BCUT2D eigenvalue weighted by Crippen LogP contribution is 2.28. The Bertz CT molecular complexity index is 1030. The molecular weight excluding hydrogens is 412 g/mol. The van der Waals surface area contributed by atoms with Crippen LogP contribution in [-0.4, -0.2) is 62.6 Å². The van der Waals surface area contributed by atoms with Crippen LogP contribution in [0.1, 0.15) is 0 Å². The minimum atomic E-state index is -3.23. The molecular formula is C19H22N4O6S. The van der Waals surface area contributed by atoms with Gasteiger partial charge in [-0.1, -0.05) is 24.3 Å². The number of amides is 1. The molecule has 0 atom stereocenters. The zero-order valence-corrected chi connectivity index (χ0v) is 17.2. The van der Waals surface area contributed by atoms with E-state index in [9.17, 15) is 23.3 Å². The van der Waals surface area contributed by atoms with Crippen molar-refractivity contribution in [2.45, 2.75) is 0 Å². The molecule has 1 N–H and O–H groups in total. The number of hydrogen-bond donors (Lipinski definition) is 1. The average Bonchev–Trinajstić information content (AvgIpc) is 2.72. The molecule has 160 valence electrons. The smallest absolute Gasteiger partial charge is 0.310 e.